The molecule has 1 nitrogen and oxygen atoms in total. The lowest BCUT2D eigenvalue weighted by Gasteiger charge is -2.13. The van der Waals surface area contributed by atoms with E-state index in [-0.39, 0.29) is 5.41 Å². The molecule has 0 unspecified atom stereocenters. The summed E-state index contributed by atoms with van der Waals surface area (Å²) in [6.07, 6.45) is 1.83. The third kappa shape index (κ3) is 2.70. The third-order valence-electron chi connectivity index (χ3n) is 2.29. The van der Waals surface area contributed by atoms with Crippen LogP contribution >= 0.6 is 11.8 Å². The lowest BCUT2D eigenvalue weighted by atomic mass is 9.94. The molecular weight excluding hydrogens is 216 g/mol. The summed E-state index contributed by atoms with van der Waals surface area (Å²) in [4.78, 5) is 2.40. The molecule has 0 aliphatic heterocycles. The first-order valence-electron chi connectivity index (χ1n) is 5.37. The van der Waals surface area contributed by atoms with Gasteiger partial charge in [0.05, 0.1) is 4.90 Å². The fourth-order valence-electron chi connectivity index (χ4n) is 1.39. The highest BCUT2D eigenvalue weighted by atomic mass is 32.2. The summed E-state index contributed by atoms with van der Waals surface area (Å²) in [6.45, 7) is 6.47. The van der Waals surface area contributed by atoms with Crippen LogP contribution in [0.2, 0.25) is 0 Å². The summed E-state index contributed by atoms with van der Waals surface area (Å²) in [6, 6.07) is 12.5. The van der Waals surface area contributed by atoms with Crippen LogP contribution in [-0.4, -0.2) is 0 Å². The normalized spacial score (nSPS) is 11.7. The van der Waals surface area contributed by atoms with Crippen LogP contribution < -0.4 is 0 Å². The maximum atomic E-state index is 5.58. The van der Waals surface area contributed by atoms with Crippen LogP contribution in [0.25, 0.3) is 0 Å². The van der Waals surface area contributed by atoms with Gasteiger partial charge in [-0.15, -0.1) is 0 Å². The third-order valence-corrected chi connectivity index (χ3v) is 3.25. The fourth-order valence-corrected chi connectivity index (χ4v) is 2.22. The molecule has 0 spiro atoms. The van der Waals surface area contributed by atoms with E-state index in [1.165, 1.54) is 4.90 Å². The highest BCUT2D eigenvalue weighted by Crippen LogP contribution is 2.32. The standard InChI is InChI=1S/C14H16OS/c1-14(2,3)13-9-12(10-15-13)16-11-7-5-4-6-8-11/h4-10H,1-3H3. The van der Waals surface area contributed by atoms with Gasteiger partial charge < -0.3 is 4.42 Å². The summed E-state index contributed by atoms with van der Waals surface area (Å²) in [5.41, 5.74) is 0.0789. The molecule has 0 atom stereocenters. The SMILES string of the molecule is CC(C)(C)c1cc(Sc2ccccc2)co1. The Kier molecular flexibility index (Phi) is 3.10. The molecule has 0 fully saturated rings. The second-order valence-electron chi connectivity index (χ2n) is 4.81. The molecule has 0 aliphatic rings. The van der Waals surface area contributed by atoms with Gasteiger partial charge in [0.25, 0.3) is 0 Å². The monoisotopic (exact) mass is 232 g/mol. The van der Waals surface area contributed by atoms with Crippen molar-refractivity contribution in [2.75, 3.05) is 0 Å². The van der Waals surface area contributed by atoms with Crippen molar-refractivity contribution in [3.63, 3.8) is 0 Å². The highest BCUT2D eigenvalue weighted by Gasteiger charge is 2.18. The van der Waals surface area contributed by atoms with Crippen molar-refractivity contribution in [1.82, 2.24) is 0 Å². The van der Waals surface area contributed by atoms with E-state index in [9.17, 15) is 0 Å². The van der Waals surface area contributed by atoms with Crippen LogP contribution in [0.3, 0.4) is 0 Å². The molecule has 0 N–H and O–H groups in total. The van der Waals surface area contributed by atoms with Gasteiger partial charge in [0.2, 0.25) is 0 Å². The van der Waals surface area contributed by atoms with E-state index >= 15 is 0 Å². The first kappa shape index (κ1) is 11.3. The summed E-state index contributed by atoms with van der Waals surface area (Å²) in [7, 11) is 0. The predicted molar refractivity (Wildman–Crippen MR) is 68.0 cm³/mol. The Labute approximate surface area is 101 Å². The van der Waals surface area contributed by atoms with Crippen LogP contribution in [0, 0.1) is 0 Å². The smallest absolute Gasteiger partial charge is 0.110 e. The largest absolute Gasteiger partial charge is 0.468 e. The Balaban J connectivity index is 2.15. The van der Waals surface area contributed by atoms with Gasteiger partial charge in [-0.1, -0.05) is 50.7 Å². The minimum atomic E-state index is 0.0789. The lowest BCUT2D eigenvalue weighted by molar-refractivity contribution is 0.408. The van der Waals surface area contributed by atoms with Crippen LogP contribution in [0.1, 0.15) is 26.5 Å². The van der Waals surface area contributed by atoms with Gasteiger partial charge in [0.15, 0.2) is 0 Å². The van der Waals surface area contributed by atoms with Gasteiger partial charge in [-0.05, 0) is 18.2 Å². The van der Waals surface area contributed by atoms with Gasteiger partial charge >= 0.3 is 0 Å². The zero-order chi connectivity index (χ0) is 11.6. The molecule has 1 aromatic heterocycles. The van der Waals surface area contributed by atoms with E-state index in [1.807, 2.05) is 24.5 Å². The second kappa shape index (κ2) is 4.38. The van der Waals surface area contributed by atoms with Crippen LogP contribution in [0.4, 0.5) is 0 Å². The van der Waals surface area contributed by atoms with Crippen molar-refractivity contribution in [1.29, 1.82) is 0 Å². The number of hydrogen-bond donors (Lipinski definition) is 0. The molecule has 0 bridgehead atoms. The maximum absolute atomic E-state index is 5.58. The fraction of sp³-hybridized carbons (Fsp3) is 0.286. The minimum Gasteiger partial charge on any atom is -0.468 e. The predicted octanol–water partition coefficient (Wildman–Crippen LogP) is 4.73. The first-order chi connectivity index (χ1) is 7.55. The first-order valence-corrected chi connectivity index (χ1v) is 6.19. The Bertz CT molecular complexity index is 451. The molecule has 84 valence electrons. The van der Waals surface area contributed by atoms with E-state index in [1.54, 1.807) is 11.8 Å². The van der Waals surface area contributed by atoms with Crippen molar-refractivity contribution in [3.8, 4) is 0 Å². The summed E-state index contributed by atoms with van der Waals surface area (Å²) >= 11 is 1.73. The molecular formula is C14H16OS. The Hall–Kier alpha value is -1.15. The van der Waals surface area contributed by atoms with Gasteiger partial charge in [-0.25, -0.2) is 0 Å². The van der Waals surface area contributed by atoms with E-state index < -0.39 is 0 Å². The zero-order valence-electron chi connectivity index (χ0n) is 9.86. The van der Waals surface area contributed by atoms with E-state index in [0.29, 0.717) is 0 Å². The number of rotatable bonds is 2. The van der Waals surface area contributed by atoms with Gasteiger partial charge in [0, 0.05) is 10.3 Å². The average Bonchev–Trinajstić information content (AvgIpc) is 2.67. The molecule has 0 amide bonds. The number of furan rings is 1. The number of benzene rings is 1. The van der Waals surface area contributed by atoms with Crippen molar-refractivity contribution in [2.24, 2.45) is 0 Å². The molecule has 16 heavy (non-hydrogen) atoms. The van der Waals surface area contributed by atoms with E-state index in [0.717, 1.165) is 10.7 Å². The summed E-state index contributed by atoms with van der Waals surface area (Å²) < 4.78 is 5.58. The van der Waals surface area contributed by atoms with E-state index in [2.05, 4.69) is 39.0 Å². The van der Waals surface area contributed by atoms with E-state index in [4.69, 9.17) is 4.42 Å². The van der Waals surface area contributed by atoms with Gasteiger partial charge in [0.1, 0.15) is 12.0 Å². The van der Waals surface area contributed by atoms with Crippen molar-refractivity contribution in [2.45, 2.75) is 36.0 Å². The quantitative estimate of drug-likeness (QED) is 0.742. The van der Waals surface area contributed by atoms with Crippen molar-refractivity contribution in [3.05, 3.63) is 48.4 Å². The van der Waals surface area contributed by atoms with Crippen LogP contribution in [0.5, 0.6) is 0 Å². The van der Waals surface area contributed by atoms with Gasteiger partial charge in [-0.2, -0.15) is 0 Å². The summed E-state index contributed by atoms with van der Waals surface area (Å²) in [5.74, 6) is 1.03. The molecule has 2 aromatic rings. The topological polar surface area (TPSA) is 13.1 Å². The Morgan fingerprint density at radius 2 is 1.69 bits per heavy atom. The number of hydrogen-bond acceptors (Lipinski definition) is 2. The Morgan fingerprint density at radius 3 is 2.25 bits per heavy atom. The molecule has 0 radical (unpaired) electrons. The Morgan fingerprint density at radius 1 is 1.00 bits per heavy atom. The zero-order valence-corrected chi connectivity index (χ0v) is 10.7. The highest BCUT2D eigenvalue weighted by molar-refractivity contribution is 7.99. The molecule has 2 heteroatoms. The molecule has 2 rings (SSSR count). The van der Waals surface area contributed by atoms with Crippen molar-refractivity contribution < 1.29 is 4.42 Å². The van der Waals surface area contributed by atoms with Gasteiger partial charge in [-0.3, -0.25) is 0 Å². The maximum Gasteiger partial charge on any atom is 0.110 e. The molecule has 1 heterocycles. The second-order valence-corrected chi connectivity index (χ2v) is 5.96. The van der Waals surface area contributed by atoms with Crippen LogP contribution in [-0.2, 0) is 5.41 Å². The van der Waals surface area contributed by atoms with Crippen molar-refractivity contribution >= 4 is 11.8 Å². The summed E-state index contributed by atoms with van der Waals surface area (Å²) in [5, 5.41) is 0. The molecule has 0 aliphatic carbocycles. The molecule has 0 saturated carbocycles. The van der Waals surface area contributed by atoms with Crippen LogP contribution in [0.15, 0.2) is 56.9 Å². The average molecular weight is 232 g/mol. The molecule has 1 aromatic carbocycles. The molecule has 0 saturated heterocycles. The minimum absolute atomic E-state index is 0.0789. The lowest BCUT2D eigenvalue weighted by Crippen LogP contribution is -2.08.